The van der Waals surface area contributed by atoms with Crippen LogP contribution in [0.4, 0.5) is 5.69 Å². The zero-order valence-corrected chi connectivity index (χ0v) is 19.4. The van der Waals surface area contributed by atoms with E-state index in [4.69, 9.17) is 23.2 Å². The highest BCUT2D eigenvalue weighted by Gasteiger charge is 2.27. The number of hydrogen-bond acceptors (Lipinski definition) is 3. The molecule has 3 rings (SSSR count). The fraction of sp³-hybridized carbons (Fsp3) is 0.174. The zero-order chi connectivity index (χ0) is 22.6. The summed E-state index contributed by atoms with van der Waals surface area (Å²) >= 11 is 12.0. The van der Waals surface area contributed by atoms with Crippen LogP contribution in [0.1, 0.15) is 16.7 Å². The number of aryl methyl sites for hydroxylation is 2. The average molecular weight is 477 g/mol. The number of halogens is 2. The van der Waals surface area contributed by atoms with E-state index in [-0.39, 0.29) is 18.0 Å². The minimum atomic E-state index is -3.97. The van der Waals surface area contributed by atoms with Gasteiger partial charge in [0.05, 0.1) is 11.4 Å². The van der Waals surface area contributed by atoms with Crippen molar-refractivity contribution >= 4 is 44.8 Å². The summed E-state index contributed by atoms with van der Waals surface area (Å²) in [4.78, 5) is 12.9. The first kappa shape index (κ1) is 23.3. The van der Waals surface area contributed by atoms with Gasteiger partial charge >= 0.3 is 0 Å². The third-order valence-electron chi connectivity index (χ3n) is 4.76. The molecule has 0 unspecified atom stereocenters. The second-order valence-electron chi connectivity index (χ2n) is 7.17. The normalized spacial score (nSPS) is 11.5. The second kappa shape index (κ2) is 9.83. The Morgan fingerprint density at radius 2 is 1.52 bits per heavy atom. The van der Waals surface area contributed by atoms with Gasteiger partial charge in [-0.05, 0) is 66.9 Å². The van der Waals surface area contributed by atoms with Crippen LogP contribution in [0.3, 0.4) is 0 Å². The van der Waals surface area contributed by atoms with Gasteiger partial charge in [0.25, 0.3) is 0 Å². The highest BCUT2D eigenvalue weighted by atomic mass is 35.5. The van der Waals surface area contributed by atoms with Crippen molar-refractivity contribution in [2.75, 3.05) is 11.9 Å². The molecule has 0 aliphatic carbocycles. The molecular weight excluding hydrogens is 455 g/mol. The van der Waals surface area contributed by atoms with Gasteiger partial charge in [-0.1, -0.05) is 53.5 Å². The third kappa shape index (κ3) is 5.86. The molecule has 0 radical (unpaired) electrons. The Kier molecular flexibility index (Phi) is 7.38. The van der Waals surface area contributed by atoms with Crippen molar-refractivity contribution in [3.8, 4) is 0 Å². The molecule has 0 fully saturated rings. The van der Waals surface area contributed by atoms with Gasteiger partial charge in [0, 0.05) is 22.3 Å². The summed E-state index contributed by atoms with van der Waals surface area (Å²) in [5.41, 5.74) is 3.15. The fourth-order valence-corrected chi connectivity index (χ4v) is 4.89. The Balaban J connectivity index is 1.91. The maximum absolute atomic E-state index is 13.3. The van der Waals surface area contributed by atoms with Gasteiger partial charge in [-0.25, -0.2) is 8.42 Å². The maximum atomic E-state index is 13.3. The first-order valence-corrected chi connectivity index (χ1v) is 11.7. The molecule has 0 atom stereocenters. The molecule has 5 nitrogen and oxygen atoms in total. The van der Waals surface area contributed by atoms with Crippen LogP contribution in [0, 0.1) is 13.8 Å². The van der Waals surface area contributed by atoms with Crippen LogP contribution in [0.5, 0.6) is 0 Å². The number of carbonyl (C=O) groups is 1. The smallest absolute Gasteiger partial charge is 0.243 e. The summed E-state index contributed by atoms with van der Waals surface area (Å²) in [5, 5.41) is 3.76. The minimum absolute atomic E-state index is 0.00824. The van der Waals surface area contributed by atoms with Gasteiger partial charge in [-0.15, -0.1) is 0 Å². The van der Waals surface area contributed by atoms with Crippen molar-refractivity contribution in [3.63, 3.8) is 0 Å². The molecule has 0 saturated heterocycles. The van der Waals surface area contributed by atoms with E-state index >= 15 is 0 Å². The van der Waals surface area contributed by atoms with Crippen molar-refractivity contribution in [2.45, 2.75) is 25.3 Å². The molecule has 0 aliphatic rings. The first-order chi connectivity index (χ1) is 14.7. The summed E-state index contributed by atoms with van der Waals surface area (Å²) in [6, 6.07) is 18.4. The van der Waals surface area contributed by atoms with Crippen molar-refractivity contribution in [1.29, 1.82) is 0 Å². The van der Waals surface area contributed by atoms with Crippen LogP contribution in [-0.2, 0) is 21.4 Å². The molecule has 3 aromatic carbocycles. The summed E-state index contributed by atoms with van der Waals surface area (Å²) in [5.74, 6) is -0.433. The van der Waals surface area contributed by atoms with E-state index in [0.29, 0.717) is 21.3 Å². The number of amides is 1. The second-order valence-corrected chi connectivity index (χ2v) is 9.98. The molecule has 31 heavy (non-hydrogen) atoms. The van der Waals surface area contributed by atoms with Crippen LogP contribution in [-0.4, -0.2) is 25.2 Å². The molecule has 3 aromatic rings. The Hall–Kier alpha value is -2.38. The Labute approximate surface area is 192 Å². The van der Waals surface area contributed by atoms with Gasteiger partial charge in [0.15, 0.2) is 0 Å². The third-order valence-corrected chi connectivity index (χ3v) is 7.06. The van der Waals surface area contributed by atoms with E-state index < -0.39 is 15.9 Å². The van der Waals surface area contributed by atoms with E-state index in [0.717, 1.165) is 15.4 Å². The minimum Gasteiger partial charge on any atom is -0.324 e. The summed E-state index contributed by atoms with van der Waals surface area (Å²) in [6.45, 7) is 3.41. The lowest BCUT2D eigenvalue weighted by molar-refractivity contribution is -0.116. The number of anilines is 1. The molecule has 162 valence electrons. The molecule has 0 spiro atoms. The average Bonchev–Trinajstić information content (AvgIpc) is 2.71. The predicted octanol–water partition coefficient (Wildman–Crippen LogP) is 5.44. The number of para-hydroxylation sites is 1. The fourth-order valence-electron chi connectivity index (χ4n) is 3.17. The number of sulfonamides is 1. The van der Waals surface area contributed by atoms with Crippen LogP contribution in [0.15, 0.2) is 71.6 Å². The Morgan fingerprint density at radius 1 is 0.903 bits per heavy atom. The molecule has 8 heteroatoms. The summed E-state index contributed by atoms with van der Waals surface area (Å²) in [6.07, 6.45) is 0. The van der Waals surface area contributed by atoms with Crippen LogP contribution in [0.2, 0.25) is 10.0 Å². The molecule has 1 amide bonds. The monoisotopic (exact) mass is 476 g/mol. The van der Waals surface area contributed by atoms with Crippen molar-refractivity contribution < 1.29 is 13.2 Å². The molecular formula is C23H22Cl2N2O3S. The van der Waals surface area contributed by atoms with Gasteiger partial charge < -0.3 is 5.32 Å². The van der Waals surface area contributed by atoms with Gasteiger partial charge in [0.2, 0.25) is 15.9 Å². The predicted molar refractivity (Wildman–Crippen MR) is 125 cm³/mol. The number of carbonyl (C=O) groups excluding carboxylic acids is 1. The lowest BCUT2D eigenvalue weighted by Crippen LogP contribution is -2.37. The standard InChI is InChI=1S/C23H22Cl2N2O3S/c1-16-5-3-6-17(2)23(16)26-22(28)15-27(14-18-7-4-8-20(25)13-18)31(29,30)21-11-9-19(24)10-12-21/h3-13H,14-15H2,1-2H3,(H,26,28). The zero-order valence-electron chi connectivity index (χ0n) is 17.1. The topological polar surface area (TPSA) is 66.5 Å². The highest BCUT2D eigenvalue weighted by Crippen LogP contribution is 2.23. The first-order valence-electron chi connectivity index (χ1n) is 9.53. The van der Waals surface area contributed by atoms with E-state index in [1.165, 1.54) is 24.3 Å². The number of rotatable bonds is 7. The van der Waals surface area contributed by atoms with E-state index in [9.17, 15) is 13.2 Å². The highest BCUT2D eigenvalue weighted by molar-refractivity contribution is 7.89. The summed E-state index contributed by atoms with van der Waals surface area (Å²) in [7, 11) is -3.97. The maximum Gasteiger partial charge on any atom is 0.243 e. The van der Waals surface area contributed by atoms with Gasteiger partial charge in [-0.3, -0.25) is 4.79 Å². The number of nitrogens with zero attached hydrogens (tertiary/aromatic N) is 1. The van der Waals surface area contributed by atoms with Gasteiger partial charge in [0.1, 0.15) is 0 Å². The Morgan fingerprint density at radius 3 is 2.13 bits per heavy atom. The van der Waals surface area contributed by atoms with E-state index in [1.807, 2.05) is 32.0 Å². The SMILES string of the molecule is Cc1cccc(C)c1NC(=O)CN(Cc1cccc(Cl)c1)S(=O)(=O)c1ccc(Cl)cc1. The van der Waals surface area contributed by atoms with Crippen molar-refractivity contribution in [3.05, 3.63) is 93.5 Å². The van der Waals surface area contributed by atoms with Crippen LogP contribution < -0.4 is 5.32 Å². The molecule has 0 bridgehead atoms. The van der Waals surface area contributed by atoms with E-state index in [1.54, 1.807) is 24.3 Å². The lowest BCUT2D eigenvalue weighted by atomic mass is 10.1. The number of benzene rings is 3. The molecule has 0 heterocycles. The number of nitrogens with one attached hydrogen (secondary N) is 1. The summed E-state index contributed by atoms with van der Waals surface area (Å²) < 4.78 is 27.8. The quantitative estimate of drug-likeness (QED) is 0.493. The largest absolute Gasteiger partial charge is 0.324 e. The Bertz CT molecular complexity index is 1180. The van der Waals surface area contributed by atoms with E-state index in [2.05, 4.69) is 5.32 Å². The van der Waals surface area contributed by atoms with Crippen LogP contribution >= 0.6 is 23.2 Å². The lowest BCUT2D eigenvalue weighted by Gasteiger charge is -2.23. The molecule has 1 N–H and O–H groups in total. The molecule has 0 saturated carbocycles. The van der Waals surface area contributed by atoms with Crippen molar-refractivity contribution in [1.82, 2.24) is 4.31 Å². The van der Waals surface area contributed by atoms with Crippen LogP contribution in [0.25, 0.3) is 0 Å². The number of hydrogen-bond donors (Lipinski definition) is 1. The molecule has 0 aliphatic heterocycles. The van der Waals surface area contributed by atoms with Gasteiger partial charge in [-0.2, -0.15) is 4.31 Å². The van der Waals surface area contributed by atoms with Crippen molar-refractivity contribution in [2.24, 2.45) is 0 Å². The molecule has 0 aromatic heterocycles.